The fourth-order valence-corrected chi connectivity index (χ4v) is 4.37. The molecule has 0 unspecified atom stereocenters. The Morgan fingerprint density at radius 1 is 1.12 bits per heavy atom. The van der Waals surface area contributed by atoms with Crippen molar-refractivity contribution in [1.29, 1.82) is 0 Å². The van der Waals surface area contributed by atoms with Crippen LogP contribution in [0.2, 0.25) is 0 Å². The minimum atomic E-state index is -0.163. The number of benzene rings is 1. The molecule has 4 rings (SSSR count). The molecule has 6 heteroatoms. The lowest BCUT2D eigenvalue weighted by atomic mass is 9.98. The van der Waals surface area contributed by atoms with Crippen LogP contribution in [0.3, 0.4) is 0 Å². The number of aromatic nitrogens is 4. The zero-order valence-electron chi connectivity index (χ0n) is 14.9. The number of fused-ring (bicyclic) bond motifs is 1. The van der Waals surface area contributed by atoms with Crippen molar-refractivity contribution in [3.8, 4) is 0 Å². The lowest BCUT2D eigenvalue weighted by Gasteiger charge is -2.37. The van der Waals surface area contributed by atoms with Gasteiger partial charge in [0, 0.05) is 17.1 Å². The van der Waals surface area contributed by atoms with Gasteiger partial charge in [0.2, 0.25) is 0 Å². The van der Waals surface area contributed by atoms with E-state index in [0.717, 1.165) is 25.2 Å². The highest BCUT2D eigenvalue weighted by Gasteiger charge is 2.34. The van der Waals surface area contributed by atoms with E-state index in [1.165, 1.54) is 16.1 Å². The van der Waals surface area contributed by atoms with Gasteiger partial charge in [-0.05, 0) is 67.1 Å². The van der Waals surface area contributed by atoms with Gasteiger partial charge in [-0.1, -0.05) is 24.3 Å². The van der Waals surface area contributed by atoms with Crippen LogP contribution in [0.5, 0.6) is 0 Å². The molecule has 5 nitrogen and oxygen atoms in total. The van der Waals surface area contributed by atoms with E-state index in [4.69, 9.17) is 0 Å². The van der Waals surface area contributed by atoms with Gasteiger partial charge < -0.3 is 4.90 Å². The van der Waals surface area contributed by atoms with Crippen molar-refractivity contribution in [1.82, 2.24) is 20.2 Å². The highest BCUT2D eigenvalue weighted by molar-refractivity contribution is 7.10. The van der Waals surface area contributed by atoms with Gasteiger partial charge in [0.25, 0.3) is 0 Å². The molecule has 0 spiro atoms. The van der Waals surface area contributed by atoms with E-state index in [2.05, 4.69) is 83.0 Å². The van der Waals surface area contributed by atoms with Crippen molar-refractivity contribution in [2.45, 2.75) is 45.2 Å². The summed E-state index contributed by atoms with van der Waals surface area (Å²) in [5, 5.41) is 14.9. The molecule has 0 radical (unpaired) electrons. The van der Waals surface area contributed by atoms with Crippen LogP contribution in [-0.2, 0) is 12.0 Å². The number of tetrazole rings is 1. The van der Waals surface area contributed by atoms with Crippen molar-refractivity contribution in [3.63, 3.8) is 0 Å². The smallest absolute Gasteiger partial charge is 0.179 e. The molecule has 0 saturated carbocycles. The van der Waals surface area contributed by atoms with Crippen molar-refractivity contribution in [2.24, 2.45) is 0 Å². The number of aryl methyl sites for hydroxylation is 1. The average molecular weight is 353 g/mol. The zero-order chi connectivity index (χ0) is 17.4. The Hall–Kier alpha value is -2.21. The van der Waals surface area contributed by atoms with Crippen LogP contribution >= 0.6 is 11.3 Å². The van der Waals surface area contributed by atoms with Crippen LogP contribution in [0.25, 0.3) is 0 Å². The second-order valence-electron chi connectivity index (χ2n) is 7.46. The maximum atomic E-state index is 4.45. The first kappa shape index (κ1) is 16.3. The fraction of sp³-hybridized carbons (Fsp3) is 0.421. The number of para-hydroxylation sites is 1. The molecule has 2 aromatic heterocycles. The van der Waals surface area contributed by atoms with Crippen LogP contribution in [0.15, 0.2) is 41.8 Å². The highest BCUT2D eigenvalue weighted by atomic mass is 32.1. The van der Waals surface area contributed by atoms with Crippen LogP contribution in [-0.4, -0.2) is 26.8 Å². The third kappa shape index (κ3) is 2.95. The number of hydrogen-bond acceptors (Lipinski definition) is 5. The summed E-state index contributed by atoms with van der Waals surface area (Å²) in [5.74, 6) is 0.909. The van der Waals surface area contributed by atoms with E-state index in [1.807, 2.05) is 4.68 Å². The minimum absolute atomic E-state index is 0.0377. The molecule has 1 aliphatic heterocycles. The predicted molar refractivity (Wildman–Crippen MR) is 101 cm³/mol. The Morgan fingerprint density at radius 2 is 1.96 bits per heavy atom. The van der Waals surface area contributed by atoms with Crippen molar-refractivity contribution in [3.05, 3.63) is 58.0 Å². The molecule has 0 bridgehead atoms. The largest absolute Gasteiger partial charge is 0.356 e. The zero-order valence-corrected chi connectivity index (χ0v) is 15.7. The summed E-state index contributed by atoms with van der Waals surface area (Å²) >= 11 is 1.77. The first-order chi connectivity index (χ1) is 12.1. The van der Waals surface area contributed by atoms with Crippen molar-refractivity contribution < 1.29 is 0 Å². The van der Waals surface area contributed by atoms with Crippen molar-refractivity contribution in [2.75, 3.05) is 11.4 Å². The standard InChI is InChI=1S/C19H23N5S/c1-19(2,3)24-18(20-21-22-24)17(16-11-7-13-25-16)23-12-6-9-14-8-4-5-10-15(14)23/h4-5,7-8,10-11,13,17H,6,9,12H2,1-3H3/t17-/m0/s1. The number of anilines is 1. The van der Waals surface area contributed by atoms with Crippen LogP contribution in [0, 0.1) is 0 Å². The molecule has 0 saturated heterocycles. The fourth-order valence-electron chi connectivity index (χ4n) is 3.54. The summed E-state index contributed by atoms with van der Waals surface area (Å²) in [6, 6.07) is 13.0. The van der Waals surface area contributed by atoms with Gasteiger partial charge in [0.05, 0.1) is 5.54 Å². The maximum absolute atomic E-state index is 4.45. The summed E-state index contributed by atoms with van der Waals surface area (Å²) < 4.78 is 1.97. The third-order valence-corrected chi connectivity index (χ3v) is 5.57. The molecule has 0 aliphatic carbocycles. The van der Waals surface area contributed by atoms with Gasteiger partial charge >= 0.3 is 0 Å². The maximum Gasteiger partial charge on any atom is 0.179 e. The Balaban J connectivity index is 1.87. The molecular formula is C19H23N5S. The first-order valence-electron chi connectivity index (χ1n) is 8.72. The number of thiophene rings is 1. The van der Waals surface area contributed by atoms with Gasteiger partial charge in [0.1, 0.15) is 6.04 Å². The van der Waals surface area contributed by atoms with Crippen LogP contribution in [0.1, 0.15) is 49.5 Å². The van der Waals surface area contributed by atoms with E-state index in [0.29, 0.717) is 0 Å². The quantitative estimate of drug-likeness (QED) is 0.713. The molecule has 25 heavy (non-hydrogen) atoms. The van der Waals surface area contributed by atoms with E-state index < -0.39 is 0 Å². The Labute approximate surface area is 152 Å². The Kier molecular flexibility index (Phi) is 4.07. The molecule has 3 aromatic rings. The van der Waals surface area contributed by atoms with Crippen molar-refractivity contribution >= 4 is 17.0 Å². The Morgan fingerprint density at radius 3 is 2.72 bits per heavy atom. The Bertz CT molecular complexity index is 847. The molecule has 0 N–H and O–H groups in total. The van der Waals surface area contributed by atoms with Gasteiger partial charge in [-0.25, -0.2) is 4.68 Å². The van der Waals surface area contributed by atoms with E-state index in [1.54, 1.807) is 11.3 Å². The summed E-state index contributed by atoms with van der Waals surface area (Å²) in [4.78, 5) is 3.75. The van der Waals surface area contributed by atoms with Gasteiger partial charge in [-0.2, -0.15) is 0 Å². The topological polar surface area (TPSA) is 46.8 Å². The van der Waals surface area contributed by atoms with Gasteiger partial charge in [-0.15, -0.1) is 16.4 Å². The molecular weight excluding hydrogens is 330 g/mol. The lowest BCUT2D eigenvalue weighted by Crippen LogP contribution is -2.37. The van der Waals surface area contributed by atoms with Crippen LogP contribution < -0.4 is 4.90 Å². The minimum Gasteiger partial charge on any atom is -0.356 e. The molecule has 130 valence electrons. The number of rotatable bonds is 3. The number of hydrogen-bond donors (Lipinski definition) is 0. The van der Waals surface area contributed by atoms with E-state index >= 15 is 0 Å². The molecule has 0 fully saturated rings. The number of nitrogens with zero attached hydrogens (tertiary/aromatic N) is 5. The molecule has 1 atom stereocenters. The summed E-state index contributed by atoms with van der Waals surface area (Å²) in [6.07, 6.45) is 2.28. The second kappa shape index (κ2) is 6.26. The highest BCUT2D eigenvalue weighted by Crippen LogP contribution is 2.39. The van der Waals surface area contributed by atoms with Gasteiger partial charge in [0.15, 0.2) is 5.82 Å². The summed E-state index contributed by atoms with van der Waals surface area (Å²) in [5.41, 5.74) is 2.55. The summed E-state index contributed by atoms with van der Waals surface area (Å²) in [6.45, 7) is 7.43. The molecule has 1 aliphatic rings. The average Bonchev–Trinajstić information content (AvgIpc) is 3.27. The van der Waals surface area contributed by atoms with E-state index in [9.17, 15) is 0 Å². The van der Waals surface area contributed by atoms with E-state index in [-0.39, 0.29) is 11.6 Å². The SMILES string of the molecule is CC(C)(C)n1nnnc1[C@H](c1cccs1)N1CCCc2ccccc21. The summed E-state index contributed by atoms with van der Waals surface area (Å²) in [7, 11) is 0. The second-order valence-corrected chi connectivity index (χ2v) is 8.44. The van der Waals surface area contributed by atoms with Gasteiger partial charge in [-0.3, -0.25) is 0 Å². The lowest BCUT2D eigenvalue weighted by molar-refractivity contribution is 0.329. The monoisotopic (exact) mass is 353 g/mol. The predicted octanol–water partition coefficient (Wildman–Crippen LogP) is 4.03. The first-order valence-corrected chi connectivity index (χ1v) is 9.60. The molecule has 1 aromatic carbocycles. The molecule has 0 amide bonds. The molecule has 3 heterocycles. The third-order valence-electron chi connectivity index (χ3n) is 4.64. The normalized spacial score (nSPS) is 15.9. The van der Waals surface area contributed by atoms with Crippen LogP contribution in [0.4, 0.5) is 5.69 Å².